The van der Waals surface area contributed by atoms with E-state index in [1.54, 1.807) is 0 Å². The maximum absolute atomic E-state index is 4.62. The average molecular weight is 237 g/mol. The quantitative estimate of drug-likeness (QED) is 0.739. The summed E-state index contributed by atoms with van der Waals surface area (Å²) in [6.07, 6.45) is 4.33. The van der Waals surface area contributed by atoms with Gasteiger partial charge >= 0.3 is 0 Å². The molecule has 0 amide bonds. The van der Waals surface area contributed by atoms with Crippen molar-refractivity contribution in [1.82, 2.24) is 15.1 Å². The van der Waals surface area contributed by atoms with Crippen molar-refractivity contribution in [1.29, 1.82) is 0 Å². The van der Waals surface area contributed by atoms with Crippen molar-refractivity contribution in [3.05, 3.63) is 18.0 Å². The molecule has 1 aromatic rings. The van der Waals surface area contributed by atoms with E-state index in [-0.39, 0.29) is 0 Å². The molecule has 0 saturated heterocycles. The molecule has 17 heavy (non-hydrogen) atoms. The summed E-state index contributed by atoms with van der Waals surface area (Å²) in [6, 6.07) is 2.60. The Morgan fingerprint density at radius 1 is 1.41 bits per heavy atom. The highest BCUT2D eigenvalue weighted by Gasteiger charge is 2.19. The van der Waals surface area contributed by atoms with E-state index in [0.717, 1.165) is 19.5 Å². The van der Waals surface area contributed by atoms with E-state index >= 15 is 0 Å². The predicted octanol–water partition coefficient (Wildman–Crippen LogP) is 3.03. The van der Waals surface area contributed by atoms with Gasteiger partial charge in [0.25, 0.3) is 0 Å². The standard InChI is InChI=1S/C14H27N3/c1-6-15-9-8-14(4,5)11-13-7-10-17(16-13)12(2)3/h7,10,12,15H,6,8-9,11H2,1-5H3. The molecular weight excluding hydrogens is 210 g/mol. The molecule has 1 rings (SSSR count). The summed E-state index contributed by atoms with van der Waals surface area (Å²) in [6.45, 7) is 13.3. The molecule has 98 valence electrons. The lowest BCUT2D eigenvalue weighted by molar-refractivity contribution is 0.321. The number of nitrogens with one attached hydrogen (secondary N) is 1. The first-order valence-corrected chi connectivity index (χ1v) is 6.69. The number of aromatic nitrogens is 2. The Balaban J connectivity index is 2.50. The SMILES string of the molecule is CCNCCC(C)(C)Cc1ccn(C(C)C)n1. The summed E-state index contributed by atoms with van der Waals surface area (Å²) in [4.78, 5) is 0. The van der Waals surface area contributed by atoms with Crippen molar-refractivity contribution in [3.8, 4) is 0 Å². The Labute approximate surface area is 106 Å². The van der Waals surface area contributed by atoms with Crippen LogP contribution in [-0.4, -0.2) is 22.9 Å². The third kappa shape index (κ3) is 4.90. The second kappa shape index (κ2) is 6.20. The predicted molar refractivity (Wildman–Crippen MR) is 73.3 cm³/mol. The molecule has 0 spiro atoms. The van der Waals surface area contributed by atoms with Gasteiger partial charge in [0.05, 0.1) is 5.69 Å². The van der Waals surface area contributed by atoms with Crippen LogP contribution in [0, 0.1) is 5.41 Å². The van der Waals surface area contributed by atoms with E-state index < -0.39 is 0 Å². The van der Waals surface area contributed by atoms with Gasteiger partial charge in [-0.15, -0.1) is 0 Å². The van der Waals surface area contributed by atoms with Gasteiger partial charge in [0, 0.05) is 12.2 Å². The molecule has 0 fully saturated rings. The average Bonchev–Trinajstić information content (AvgIpc) is 2.65. The van der Waals surface area contributed by atoms with Crippen LogP contribution < -0.4 is 5.32 Å². The first-order chi connectivity index (χ1) is 7.94. The monoisotopic (exact) mass is 237 g/mol. The minimum absolute atomic E-state index is 0.318. The third-order valence-corrected chi connectivity index (χ3v) is 3.08. The normalized spacial score (nSPS) is 12.4. The number of hydrogen-bond acceptors (Lipinski definition) is 2. The van der Waals surface area contributed by atoms with E-state index in [2.05, 4.69) is 57.3 Å². The molecule has 0 unspecified atom stereocenters. The van der Waals surface area contributed by atoms with Crippen molar-refractivity contribution < 1.29 is 0 Å². The lowest BCUT2D eigenvalue weighted by atomic mass is 9.84. The molecule has 1 heterocycles. The van der Waals surface area contributed by atoms with Crippen molar-refractivity contribution in [2.45, 2.75) is 53.5 Å². The van der Waals surface area contributed by atoms with Gasteiger partial charge in [0.1, 0.15) is 0 Å². The topological polar surface area (TPSA) is 29.9 Å². The molecule has 0 saturated carbocycles. The Hall–Kier alpha value is -0.830. The van der Waals surface area contributed by atoms with Gasteiger partial charge in [0.2, 0.25) is 0 Å². The second-order valence-electron chi connectivity index (χ2n) is 5.83. The number of nitrogens with zero attached hydrogens (tertiary/aromatic N) is 2. The number of hydrogen-bond donors (Lipinski definition) is 1. The summed E-state index contributed by atoms with van der Waals surface area (Å²) >= 11 is 0. The van der Waals surface area contributed by atoms with E-state index in [4.69, 9.17) is 0 Å². The molecule has 0 aliphatic heterocycles. The molecule has 0 aromatic carbocycles. The third-order valence-electron chi connectivity index (χ3n) is 3.08. The molecule has 1 N–H and O–H groups in total. The van der Waals surface area contributed by atoms with E-state index in [1.165, 1.54) is 12.1 Å². The van der Waals surface area contributed by atoms with Crippen molar-refractivity contribution >= 4 is 0 Å². The lowest BCUT2D eigenvalue weighted by Gasteiger charge is -2.23. The Kier molecular flexibility index (Phi) is 5.19. The summed E-state index contributed by atoms with van der Waals surface area (Å²) in [5.74, 6) is 0. The van der Waals surface area contributed by atoms with Gasteiger partial charge in [-0.3, -0.25) is 4.68 Å². The van der Waals surface area contributed by atoms with E-state index in [1.807, 2.05) is 4.68 Å². The highest BCUT2D eigenvalue weighted by atomic mass is 15.3. The fourth-order valence-corrected chi connectivity index (χ4v) is 1.94. The molecule has 3 heteroatoms. The summed E-state index contributed by atoms with van der Waals surface area (Å²) in [5, 5.41) is 8.01. The van der Waals surface area contributed by atoms with Crippen LogP contribution in [0.1, 0.15) is 52.8 Å². The van der Waals surface area contributed by atoms with Gasteiger partial charge < -0.3 is 5.32 Å². The van der Waals surface area contributed by atoms with Crippen LogP contribution >= 0.6 is 0 Å². The second-order valence-corrected chi connectivity index (χ2v) is 5.83. The molecule has 0 radical (unpaired) electrons. The van der Waals surface area contributed by atoms with Gasteiger partial charge in [-0.05, 0) is 51.3 Å². The minimum Gasteiger partial charge on any atom is -0.317 e. The first kappa shape index (κ1) is 14.2. The van der Waals surface area contributed by atoms with Gasteiger partial charge in [0.15, 0.2) is 0 Å². The molecule has 0 aliphatic carbocycles. The van der Waals surface area contributed by atoms with Crippen LogP contribution in [0.2, 0.25) is 0 Å². The minimum atomic E-state index is 0.318. The van der Waals surface area contributed by atoms with Gasteiger partial charge in [-0.2, -0.15) is 5.10 Å². The fourth-order valence-electron chi connectivity index (χ4n) is 1.94. The van der Waals surface area contributed by atoms with Crippen molar-refractivity contribution in [2.75, 3.05) is 13.1 Å². The highest BCUT2D eigenvalue weighted by molar-refractivity contribution is 5.02. The van der Waals surface area contributed by atoms with Crippen molar-refractivity contribution in [2.24, 2.45) is 5.41 Å². The lowest BCUT2D eigenvalue weighted by Crippen LogP contribution is -2.24. The van der Waals surface area contributed by atoms with Crippen LogP contribution in [0.4, 0.5) is 0 Å². The first-order valence-electron chi connectivity index (χ1n) is 6.69. The molecule has 0 aliphatic rings. The zero-order chi connectivity index (χ0) is 12.9. The van der Waals surface area contributed by atoms with Gasteiger partial charge in [-0.25, -0.2) is 0 Å². The highest BCUT2D eigenvalue weighted by Crippen LogP contribution is 2.24. The summed E-state index contributed by atoms with van der Waals surface area (Å²) < 4.78 is 2.04. The zero-order valence-electron chi connectivity index (χ0n) is 12.0. The maximum atomic E-state index is 4.62. The molecule has 1 aromatic heterocycles. The molecule has 3 nitrogen and oxygen atoms in total. The Morgan fingerprint density at radius 3 is 2.65 bits per heavy atom. The van der Waals surface area contributed by atoms with Crippen LogP contribution in [0.15, 0.2) is 12.3 Å². The van der Waals surface area contributed by atoms with Crippen molar-refractivity contribution in [3.63, 3.8) is 0 Å². The summed E-state index contributed by atoms with van der Waals surface area (Å²) in [7, 11) is 0. The maximum Gasteiger partial charge on any atom is 0.0630 e. The van der Waals surface area contributed by atoms with Crippen LogP contribution in [0.5, 0.6) is 0 Å². The summed E-state index contributed by atoms with van der Waals surface area (Å²) in [5.41, 5.74) is 1.53. The van der Waals surface area contributed by atoms with Crippen LogP contribution in [0.3, 0.4) is 0 Å². The molecular formula is C14H27N3. The van der Waals surface area contributed by atoms with Crippen LogP contribution in [0.25, 0.3) is 0 Å². The molecule has 0 atom stereocenters. The Morgan fingerprint density at radius 2 is 2.12 bits per heavy atom. The van der Waals surface area contributed by atoms with Gasteiger partial charge in [-0.1, -0.05) is 20.8 Å². The van der Waals surface area contributed by atoms with E-state index in [0.29, 0.717) is 11.5 Å². The fraction of sp³-hybridized carbons (Fsp3) is 0.786. The number of rotatable bonds is 7. The smallest absolute Gasteiger partial charge is 0.0630 e. The largest absolute Gasteiger partial charge is 0.317 e. The zero-order valence-corrected chi connectivity index (χ0v) is 12.0. The van der Waals surface area contributed by atoms with Crippen LogP contribution in [-0.2, 0) is 6.42 Å². The Bertz CT molecular complexity index is 326. The van der Waals surface area contributed by atoms with E-state index in [9.17, 15) is 0 Å². The molecule has 0 bridgehead atoms.